The molecule has 2 unspecified atom stereocenters. The molecule has 1 aliphatic carbocycles. The van der Waals surface area contributed by atoms with Crippen LogP contribution in [0.1, 0.15) is 48.0 Å². The molecule has 0 aromatic heterocycles. The Morgan fingerprint density at radius 1 is 1.20 bits per heavy atom. The smallest absolute Gasteiger partial charge is 0.254 e. The van der Waals surface area contributed by atoms with Gasteiger partial charge in [0.05, 0.1) is 0 Å². The van der Waals surface area contributed by atoms with Gasteiger partial charge in [0.1, 0.15) is 5.82 Å². The highest BCUT2D eigenvalue weighted by Crippen LogP contribution is 2.36. The number of amides is 1. The van der Waals surface area contributed by atoms with Crippen molar-refractivity contribution in [1.29, 1.82) is 0 Å². The van der Waals surface area contributed by atoms with E-state index in [4.69, 9.17) is 0 Å². The Hall–Kier alpha value is -1.38. The number of halogens is 1. The second-order valence-corrected chi connectivity index (χ2v) is 6.30. The van der Waals surface area contributed by atoms with E-state index in [-0.39, 0.29) is 11.7 Å². The van der Waals surface area contributed by atoms with Crippen LogP contribution in [0.15, 0.2) is 18.2 Å². The zero-order valence-electron chi connectivity index (χ0n) is 12.1. The number of fused-ring (bicyclic) bond motifs is 1. The van der Waals surface area contributed by atoms with Gasteiger partial charge < -0.3 is 4.90 Å². The van der Waals surface area contributed by atoms with Crippen molar-refractivity contribution in [3.8, 4) is 0 Å². The van der Waals surface area contributed by atoms with Crippen LogP contribution in [0.4, 0.5) is 4.39 Å². The number of piperidine rings is 1. The maximum absolute atomic E-state index is 13.1. The number of hydrogen-bond donors (Lipinski definition) is 0. The van der Waals surface area contributed by atoms with Crippen LogP contribution < -0.4 is 0 Å². The predicted octanol–water partition coefficient (Wildman–Crippen LogP) is 3.79. The summed E-state index contributed by atoms with van der Waals surface area (Å²) in [5, 5.41) is 0. The molecule has 0 bridgehead atoms. The molecule has 1 heterocycles. The first-order valence-electron chi connectivity index (χ1n) is 7.70. The second-order valence-electron chi connectivity index (χ2n) is 6.30. The normalized spacial score (nSPS) is 26.2. The fourth-order valence-electron chi connectivity index (χ4n) is 3.82. The Labute approximate surface area is 120 Å². The first kappa shape index (κ1) is 13.6. The summed E-state index contributed by atoms with van der Waals surface area (Å²) in [7, 11) is 0. The number of carbonyl (C=O) groups is 1. The minimum Gasteiger partial charge on any atom is -0.338 e. The minimum absolute atomic E-state index is 0.0755. The van der Waals surface area contributed by atoms with E-state index in [1.54, 1.807) is 6.07 Å². The molecule has 0 radical (unpaired) electrons. The topological polar surface area (TPSA) is 20.3 Å². The number of benzene rings is 1. The lowest BCUT2D eigenvalue weighted by molar-refractivity contribution is 0.0520. The van der Waals surface area contributed by atoms with Gasteiger partial charge in [-0.2, -0.15) is 0 Å². The summed E-state index contributed by atoms with van der Waals surface area (Å²) in [6.45, 7) is 3.56. The third kappa shape index (κ3) is 2.58. The van der Waals surface area contributed by atoms with Gasteiger partial charge in [-0.25, -0.2) is 4.39 Å². The molecule has 2 nitrogen and oxygen atoms in total. The quantitative estimate of drug-likeness (QED) is 0.763. The molecule has 1 aromatic rings. The number of aryl methyl sites for hydroxylation is 1. The molecule has 0 spiro atoms. The van der Waals surface area contributed by atoms with Gasteiger partial charge in [0.2, 0.25) is 0 Å². The summed E-state index contributed by atoms with van der Waals surface area (Å²) in [5.41, 5.74) is 1.39. The van der Waals surface area contributed by atoms with Crippen molar-refractivity contribution in [2.75, 3.05) is 13.1 Å². The average Bonchev–Trinajstić information content (AvgIpc) is 2.46. The van der Waals surface area contributed by atoms with E-state index in [9.17, 15) is 9.18 Å². The number of hydrogen-bond acceptors (Lipinski definition) is 1. The highest BCUT2D eigenvalue weighted by Gasteiger charge is 2.33. The molecule has 2 atom stereocenters. The van der Waals surface area contributed by atoms with Gasteiger partial charge in [0, 0.05) is 18.7 Å². The fourth-order valence-corrected chi connectivity index (χ4v) is 3.82. The van der Waals surface area contributed by atoms with Crippen LogP contribution in [0.3, 0.4) is 0 Å². The number of rotatable bonds is 1. The van der Waals surface area contributed by atoms with Crippen molar-refractivity contribution < 1.29 is 9.18 Å². The van der Waals surface area contributed by atoms with Crippen LogP contribution in [0.5, 0.6) is 0 Å². The van der Waals surface area contributed by atoms with Crippen LogP contribution in [-0.2, 0) is 0 Å². The van der Waals surface area contributed by atoms with Gasteiger partial charge in [-0.15, -0.1) is 0 Å². The molecule has 20 heavy (non-hydrogen) atoms. The number of nitrogens with zero attached hydrogens (tertiary/aromatic N) is 1. The van der Waals surface area contributed by atoms with E-state index < -0.39 is 0 Å². The Kier molecular flexibility index (Phi) is 3.77. The predicted molar refractivity (Wildman–Crippen MR) is 77.1 cm³/mol. The SMILES string of the molecule is Cc1cc(F)ccc1C(=O)N1CCC2CCCCC2C1. The van der Waals surface area contributed by atoms with Gasteiger partial charge >= 0.3 is 0 Å². The molecule has 1 aromatic carbocycles. The van der Waals surface area contributed by atoms with Crippen molar-refractivity contribution in [3.05, 3.63) is 35.1 Å². The molecule has 2 fully saturated rings. The summed E-state index contributed by atoms with van der Waals surface area (Å²) in [6, 6.07) is 4.45. The van der Waals surface area contributed by atoms with Crippen LogP contribution in [0.2, 0.25) is 0 Å². The standard InChI is InChI=1S/C17H22FNO/c1-12-10-15(18)6-7-16(12)17(20)19-9-8-13-4-2-3-5-14(13)11-19/h6-7,10,13-14H,2-5,8-9,11H2,1H3. The number of likely N-dealkylation sites (tertiary alicyclic amines) is 1. The summed E-state index contributed by atoms with van der Waals surface area (Å²) in [4.78, 5) is 14.6. The highest BCUT2D eigenvalue weighted by molar-refractivity contribution is 5.95. The van der Waals surface area contributed by atoms with Gasteiger partial charge in [-0.05, 0) is 55.4 Å². The Balaban J connectivity index is 1.74. The molecule has 1 amide bonds. The Bertz CT molecular complexity index is 514. The van der Waals surface area contributed by atoms with Gasteiger partial charge in [-0.3, -0.25) is 4.79 Å². The van der Waals surface area contributed by atoms with Crippen molar-refractivity contribution >= 4 is 5.91 Å². The molecule has 3 heteroatoms. The molecule has 3 rings (SSSR count). The molecule has 108 valence electrons. The summed E-state index contributed by atoms with van der Waals surface area (Å²) in [5.74, 6) is 1.31. The molecule has 1 aliphatic heterocycles. The van der Waals surface area contributed by atoms with E-state index in [0.717, 1.165) is 31.0 Å². The first-order valence-corrected chi connectivity index (χ1v) is 7.70. The van der Waals surface area contributed by atoms with Crippen molar-refractivity contribution in [2.24, 2.45) is 11.8 Å². The summed E-state index contributed by atoms with van der Waals surface area (Å²) in [6.07, 6.45) is 6.39. The van der Waals surface area contributed by atoms with E-state index >= 15 is 0 Å². The first-order chi connectivity index (χ1) is 9.65. The molecule has 1 saturated carbocycles. The molecule has 1 saturated heterocycles. The van der Waals surface area contributed by atoms with Gasteiger partial charge in [-0.1, -0.05) is 19.3 Å². The summed E-state index contributed by atoms with van der Waals surface area (Å²) < 4.78 is 13.1. The third-order valence-electron chi connectivity index (χ3n) is 5.00. The Morgan fingerprint density at radius 2 is 1.95 bits per heavy atom. The van der Waals surface area contributed by atoms with Crippen LogP contribution in [-0.4, -0.2) is 23.9 Å². The van der Waals surface area contributed by atoms with E-state index in [1.807, 2.05) is 11.8 Å². The van der Waals surface area contributed by atoms with Crippen LogP contribution >= 0.6 is 0 Å². The fraction of sp³-hybridized carbons (Fsp3) is 0.588. The molecular formula is C17H22FNO. The van der Waals surface area contributed by atoms with E-state index in [2.05, 4.69) is 0 Å². The highest BCUT2D eigenvalue weighted by atomic mass is 19.1. The van der Waals surface area contributed by atoms with E-state index in [0.29, 0.717) is 11.5 Å². The van der Waals surface area contributed by atoms with Crippen LogP contribution in [0, 0.1) is 24.6 Å². The van der Waals surface area contributed by atoms with Crippen molar-refractivity contribution in [1.82, 2.24) is 4.90 Å². The largest absolute Gasteiger partial charge is 0.338 e. The lowest BCUT2D eigenvalue weighted by Crippen LogP contribution is -2.44. The van der Waals surface area contributed by atoms with Crippen molar-refractivity contribution in [3.63, 3.8) is 0 Å². The lowest BCUT2D eigenvalue weighted by Gasteiger charge is -2.41. The zero-order valence-corrected chi connectivity index (χ0v) is 12.1. The Morgan fingerprint density at radius 3 is 2.70 bits per heavy atom. The number of carbonyl (C=O) groups excluding carboxylic acids is 1. The second kappa shape index (κ2) is 5.55. The van der Waals surface area contributed by atoms with Gasteiger partial charge in [0.25, 0.3) is 5.91 Å². The van der Waals surface area contributed by atoms with E-state index in [1.165, 1.54) is 37.8 Å². The lowest BCUT2D eigenvalue weighted by atomic mass is 9.75. The average molecular weight is 275 g/mol. The molecular weight excluding hydrogens is 253 g/mol. The van der Waals surface area contributed by atoms with Gasteiger partial charge in [0.15, 0.2) is 0 Å². The van der Waals surface area contributed by atoms with Crippen molar-refractivity contribution in [2.45, 2.75) is 39.0 Å². The third-order valence-corrected chi connectivity index (χ3v) is 5.00. The minimum atomic E-state index is -0.273. The maximum atomic E-state index is 13.1. The molecule has 2 aliphatic rings. The zero-order chi connectivity index (χ0) is 14.1. The summed E-state index contributed by atoms with van der Waals surface area (Å²) >= 11 is 0. The monoisotopic (exact) mass is 275 g/mol. The van der Waals surface area contributed by atoms with Crippen LogP contribution in [0.25, 0.3) is 0 Å². The molecule has 0 N–H and O–H groups in total. The maximum Gasteiger partial charge on any atom is 0.254 e.